The first-order chi connectivity index (χ1) is 17.7. The summed E-state index contributed by atoms with van der Waals surface area (Å²) in [6, 6.07) is 25.8. The van der Waals surface area contributed by atoms with E-state index in [4.69, 9.17) is 4.74 Å². The highest BCUT2D eigenvalue weighted by Gasteiger charge is 2.34. The summed E-state index contributed by atoms with van der Waals surface area (Å²) in [5, 5.41) is 0. The van der Waals surface area contributed by atoms with Gasteiger partial charge in [0.25, 0.3) is 11.8 Å². The number of hydrogen-bond acceptors (Lipinski definition) is 3. The molecule has 188 valence electrons. The third kappa shape index (κ3) is 7.07. The van der Waals surface area contributed by atoms with E-state index in [1.54, 1.807) is 12.1 Å². The SMILES string of the molecule is O=C1c2ccccc2C(=O)N1CCCCCCCCCCCCOc1cccc(-c2ccccc2)c1. The number of rotatable bonds is 15. The Morgan fingerprint density at radius 1 is 0.528 bits per heavy atom. The topological polar surface area (TPSA) is 46.6 Å². The summed E-state index contributed by atoms with van der Waals surface area (Å²) in [5.41, 5.74) is 3.50. The molecule has 3 aromatic rings. The van der Waals surface area contributed by atoms with Gasteiger partial charge in [0, 0.05) is 6.54 Å². The van der Waals surface area contributed by atoms with Crippen LogP contribution >= 0.6 is 0 Å². The molecular weight excluding hydrogens is 446 g/mol. The fraction of sp³-hybridized carbons (Fsp3) is 0.375. The summed E-state index contributed by atoms with van der Waals surface area (Å²) < 4.78 is 5.97. The van der Waals surface area contributed by atoms with Gasteiger partial charge in [0.15, 0.2) is 0 Å². The van der Waals surface area contributed by atoms with Gasteiger partial charge in [0.05, 0.1) is 17.7 Å². The minimum atomic E-state index is -0.137. The smallest absolute Gasteiger partial charge is 0.261 e. The first-order valence-corrected chi connectivity index (χ1v) is 13.5. The molecule has 0 aromatic heterocycles. The van der Waals surface area contributed by atoms with Crippen molar-refractivity contribution in [2.45, 2.75) is 64.2 Å². The Kier molecular flexibility index (Phi) is 9.72. The Hall–Kier alpha value is -3.40. The molecule has 1 aliphatic rings. The van der Waals surface area contributed by atoms with Crippen molar-refractivity contribution in [3.8, 4) is 16.9 Å². The van der Waals surface area contributed by atoms with Gasteiger partial charge in [-0.3, -0.25) is 14.5 Å². The van der Waals surface area contributed by atoms with E-state index in [0.717, 1.165) is 31.6 Å². The van der Waals surface area contributed by atoms with Crippen molar-refractivity contribution in [3.05, 3.63) is 90.0 Å². The second kappa shape index (κ2) is 13.6. The highest BCUT2D eigenvalue weighted by molar-refractivity contribution is 6.21. The van der Waals surface area contributed by atoms with E-state index >= 15 is 0 Å². The largest absolute Gasteiger partial charge is 0.494 e. The van der Waals surface area contributed by atoms with Crippen LogP contribution in [0.1, 0.15) is 84.9 Å². The number of carbonyl (C=O) groups is 2. The van der Waals surface area contributed by atoms with E-state index in [9.17, 15) is 9.59 Å². The molecule has 0 unspecified atom stereocenters. The van der Waals surface area contributed by atoms with Crippen molar-refractivity contribution in [1.82, 2.24) is 4.90 Å². The maximum atomic E-state index is 12.4. The standard InChI is InChI=1S/C32H37NO3/c34-31-29-21-12-13-22-30(29)32(35)33(31)23-14-7-5-3-1-2-4-6-8-15-24-36-28-20-16-19-27(25-28)26-17-10-9-11-18-26/h9-13,16-22,25H,1-8,14-15,23-24H2. The lowest BCUT2D eigenvalue weighted by molar-refractivity contribution is 0.0651. The molecule has 0 bridgehead atoms. The highest BCUT2D eigenvalue weighted by atomic mass is 16.5. The monoisotopic (exact) mass is 483 g/mol. The van der Waals surface area contributed by atoms with Crippen LogP contribution in [-0.4, -0.2) is 29.9 Å². The van der Waals surface area contributed by atoms with Gasteiger partial charge in [0.1, 0.15) is 5.75 Å². The maximum absolute atomic E-state index is 12.4. The van der Waals surface area contributed by atoms with E-state index in [1.165, 1.54) is 61.0 Å². The number of amides is 2. The summed E-state index contributed by atoms with van der Waals surface area (Å²) >= 11 is 0. The second-order valence-electron chi connectivity index (χ2n) is 9.59. The number of ether oxygens (including phenoxy) is 1. The zero-order valence-corrected chi connectivity index (χ0v) is 21.2. The van der Waals surface area contributed by atoms with Crippen LogP contribution in [0.25, 0.3) is 11.1 Å². The quantitative estimate of drug-likeness (QED) is 0.163. The second-order valence-corrected chi connectivity index (χ2v) is 9.59. The molecule has 0 aliphatic carbocycles. The van der Waals surface area contributed by atoms with Gasteiger partial charge < -0.3 is 4.74 Å². The molecule has 1 aliphatic heterocycles. The number of imide groups is 1. The van der Waals surface area contributed by atoms with Gasteiger partial charge in [-0.05, 0) is 48.2 Å². The van der Waals surface area contributed by atoms with Crippen LogP contribution in [0.15, 0.2) is 78.9 Å². The van der Waals surface area contributed by atoms with Crippen LogP contribution in [0.4, 0.5) is 0 Å². The predicted octanol–water partition coefficient (Wildman–Crippen LogP) is 7.93. The molecule has 0 N–H and O–H groups in total. The number of carbonyl (C=O) groups excluding carboxylic acids is 2. The summed E-state index contributed by atoms with van der Waals surface area (Å²) in [6.45, 7) is 1.30. The molecule has 0 spiro atoms. The molecule has 4 nitrogen and oxygen atoms in total. The van der Waals surface area contributed by atoms with Gasteiger partial charge in [-0.15, -0.1) is 0 Å². The van der Waals surface area contributed by atoms with Crippen molar-refractivity contribution >= 4 is 11.8 Å². The van der Waals surface area contributed by atoms with Gasteiger partial charge in [-0.2, -0.15) is 0 Å². The van der Waals surface area contributed by atoms with Crippen molar-refractivity contribution in [2.24, 2.45) is 0 Å². The lowest BCUT2D eigenvalue weighted by Gasteiger charge is -2.13. The van der Waals surface area contributed by atoms with Gasteiger partial charge in [-0.1, -0.05) is 106 Å². The zero-order chi connectivity index (χ0) is 25.0. The van der Waals surface area contributed by atoms with Crippen LogP contribution in [-0.2, 0) is 0 Å². The maximum Gasteiger partial charge on any atom is 0.261 e. The summed E-state index contributed by atoms with van der Waals surface area (Å²) in [5.74, 6) is 0.669. The molecule has 2 amide bonds. The average Bonchev–Trinajstić information content (AvgIpc) is 3.17. The van der Waals surface area contributed by atoms with E-state index in [1.807, 2.05) is 24.3 Å². The van der Waals surface area contributed by atoms with Crippen molar-refractivity contribution in [2.75, 3.05) is 13.2 Å². The van der Waals surface area contributed by atoms with Crippen molar-refractivity contribution in [3.63, 3.8) is 0 Å². The van der Waals surface area contributed by atoms with Gasteiger partial charge in [0.2, 0.25) is 0 Å². The number of hydrogen-bond donors (Lipinski definition) is 0. The van der Waals surface area contributed by atoms with Crippen molar-refractivity contribution in [1.29, 1.82) is 0 Å². The summed E-state index contributed by atoms with van der Waals surface area (Å²) in [4.78, 5) is 26.2. The third-order valence-electron chi connectivity index (χ3n) is 6.86. The van der Waals surface area contributed by atoms with Crippen LogP contribution < -0.4 is 4.74 Å². The molecule has 0 saturated heterocycles. The van der Waals surface area contributed by atoms with Crippen LogP contribution in [0.5, 0.6) is 5.75 Å². The van der Waals surface area contributed by atoms with E-state index < -0.39 is 0 Å². The minimum Gasteiger partial charge on any atom is -0.494 e. The Balaban J connectivity index is 0.980. The molecule has 0 atom stereocenters. The normalized spacial score (nSPS) is 12.7. The lowest BCUT2D eigenvalue weighted by Crippen LogP contribution is -2.30. The number of benzene rings is 3. The molecule has 0 saturated carbocycles. The summed E-state index contributed by atoms with van der Waals surface area (Å²) in [7, 11) is 0. The number of nitrogens with zero attached hydrogens (tertiary/aromatic N) is 1. The van der Waals surface area contributed by atoms with Crippen molar-refractivity contribution < 1.29 is 14.3 Å². The van der Waals surface area contributed by atoms with Gasteiger partial charge in [-0.25, -0.2) is 0 Å². The Morgan fingerprint density at radius 2 is 1.06 bits per heavy atom. The summed E-state index contributed by atoms with van der Waals surface area (Å²) in [6.07, 6.45) is 11.7. The first-order valence-electron chi connectivity index (χ1n) is 13.5. The number of unbranched alkanes of at least 4 members (excludes halogenated alkanes) is 9. The molecule has 4 heteroatoms. The van der Waals surface area contributed by atoms with E-state index in [2.05, 4.69) is 42.5 Å². The fourth-order valence-electron chi connectivity index (χ4n) is 4.81. The molecule has 0 fully saturated rings. The molecule has 0 radical (unpaired) electrons. The molecule has 3 aromatic carbocycles. The average molecular weight is 484 g/mol. The van der Waals surface area contributed by atoms with Crippen LogP contribution in [0.3, 0.4) is 0 Å². The number of fused-ring (bicyclic) bond motifs is 1. The third-order valence-corrected chi connectivity index (χ3v) is 6.86. The molecule has 4 rings (SSSR count). The first kappa shape index (κ1) is 25.7. The minimum absolute atomic E-state index is 0.137. The fourth-order valence-corrected chi connectivity index (χ4v) is 4.81. The molecule has 36 heavy (non-hydrogen) atoms. The van der Waals surface area contributed by atoms with Crippen LogP contribution in [0, 0.1) is 0 Å². The predicted molar refractivity (Wildman–Crippen MR) is 145 cm³/mol. The van der Waals surface area contributed by atoms with Crippen LogP contribution in [0.2, 0.25) is 0 Å². The Bertz CT molecular complexity index is 1090. The molecular formula is C32H37NO3. The Morgan fingerprint density at radius 3 is 1.69 bits per heavy atom. The Labute approximate surface area is 215 Å². The van der Waals surface area contributed by atoms with Gasteiger partial charge >= 0.3 is 0 Å². The highest BCUT2D eigenvalue weighted by Crippen LogP contribution is 2.24. The van der Waals surface area contributed by atoms with E-state index in [0.29, 0.717) is 17.7 Å². The van der Waals surface area contributed by atoms with E-state index in [-0.39, 0.29) is 11.8 Å². The lowest BCUT2D eigenvalue weighted by atomic mass is 10.1. The molecule has 1 heterocycles. The zero-order valence-electron chi connectivity index (χ0n) is 21.2.